The molecule has 1 aliphatic carbocycles. The SMILES string of the molecule is [O-][N+]1(CCC(O)(c2ccccc2)C2CCCCC2)CCCC1. The number of hydrogen-bond acceptors (Lipinski definition) is 2. The number of nitrogens with zero attached hydrogens (tertiary/aromatic N) is 1. The Hall–Kier alpha value is -0.900. The number of hydroxylamine groups is 3. The van der Waals surface area contributed by atoms with Gasteiger partial charge in [-0.25, -0.2) is 0 Å². The van der Waals surface area contributed by atoms with Gasteiger partial charge < -0.3 is 15.0 Å². The standard InChI is InChI=1S/C19H29NO2/c21-19(17-9-3-1-4-10-17,18-11-5-2-6-12-18)13-16-20(22)14-7-8-15-20/h1,3-4,9-10,18,21H,2,5-8,11-16H2. The summed E-state index contributed by atoms with van der Waals surface area (Å²) in [6.07, 6.45) is 8.55. The predicted molar refractivity (Wildman–Crippen MR) is 89.0 cm³/mol. The number of aliphatic hydroxyl groups is 1. The van der Waals surface area contributed by atoms with Crippen molar-refractivity contribution in [3.63, 3.8) is 0 Å². The number of likely N-dealkylation sites (tertiary alicyclic amines) is 1. The summed E-state index contributed by atoms with van der Waals surface area (Å²) in [5, 5.41) is 24.2. The van der Waals surface area contributed by atoms with E-state index in [2.05, 4.69) is 0 Å². The minimum Gasteiger partial charge on any atom is -0.633 e. The molecule has 3 rings (SSSR count). The van der Waals surface area contributed by atoms with Crippen molar-refractivity contribution >= 4 is 0 Å². The molecule has 1 aromatic carbocycles. The minimum absolute atomic E-state index is 0.0954. The Bertz CT molecular complexity index is 464. The summed E-state index contributed by atoms with van der Waals surface area (Å²) in [5.41, 5.74) is 0.188. The summed E-state index contributed by atoms with van der Waals surface area (Å²) in [4.78, 5) is 0. The molecule has 1 saturated heterocycles. The van der Waals surface area contributed by atoms with E-state index >= 15 is 0 Å². The van der Waals surface area contributed by atoms with Crippen LogP contribution in [0.15, 0.2) is 30.3 Å². The molecule has 0 bridgehead atoms. The van der Waals surface area contributed by atoms with Crippen LogP contribution in [0.4, 0.5) is 0 Å². The summed E-state index contributed by atoms with van der Waals surface area (Å²) < 4.78 is -0.0954. The molecule has 1 aliphatic heterocycles. The summed E-state index contributed by atoms with van der Waals surface area (Å²) in [6.45, 7) is 2.02. The molecule has 0 spiro atoms. The van der Waals surface area contributed by atoms with Crippen molar-refractivity contribution in [2.45, 2.75) is 57.0 Å². The van der Waals surface area contributed by atoms with Crippen molar-refractivity contribution in [1.29, 1.82) is 0 Å². The zero-order valence-electron chi connectivity index (χ0n) is 13.5. The van der Waals surface area contributed by atoms with Crippen molar-refractivity contribution in [3.8, 4) is 0 Å². The van der Waals surface area contributed by atoms with Gasteiger partial charge >= 0.3 is 0 Å². The molecule has 1 unspecified atom stereocenters. The van der Waals surface area contributed by atoms with Gasteiger partial charge in [-0.1, -0.05) is 49.6 Å². The van der Waals surface area contributed by atoms with Gasteiger partial charge in [0, 0.05) is 19.3 Å². The first-order chi connectivity index (χ1) is 10.6. The summed E-state index contributed by atoms with van der Waals surface area (Å²) in [5.74, 6) is 0.304. The fourth-order valence-electron chi connectivity index (χ4n) is 4.40. The molecule has 122 valence electrons. The van der Waals surface area contributed by atoms with E-state index in [9.17, 15) is 10.3 Å². The van der Waals surface area contributed by atoms with Gasteiger partial charge in [-0.15, -0.1) is 0 Å². The third kappa shape index (κ3) is 3.37. The molecule has 3 nitrogen and oxygen atoms in total. The number of rotatable bonds is 5. The third-order valence-electron chi connectivity index (χ3n) is 5.84. The highest BCUT2D eigenvalue weighted by molar-refractivity contribution is 5.23. The predicted octanol–water partition coefficient (Wildman–Crippen LogP) is 3.95. The highest BCUT2D eigenvalue weighted by Gasteiger charge is 2.40. The Morgan fingerprint density at radius 3 is 2.27 bits per heavy atom. The van der Waals surface area contributed by atoms with E-state index in [4.69, 9.17) is 0 Å². The molecular formula is C19H29NO2. The lowest BCUT2D eigenvalue weighted by Gasteiger charge is -2.44. The van der Waals surface area contributed by atoms with Gasteiger partial charge in [-0.2, -0.15) is 0 Å². The second kappa shape index (κ2) is 6.69. The van der Waals surface area contributed by atoms with Gasteiger partial charge in [0.15, 0.2) is 0 Å². The van der Waals surface area contributed by atoms with Crippen LogP contribution in [-0.4, -0.2) is 29.4 Å². The topological polar surface area (TPSA) is 43.3 Å². The molecule has 2 fully saturated rings. The molecule has 1 N–H and O–H groups in total. The Balaban J connectivity index is 1.79. The fourth-order valence-corrected chi connectivity index (χ4v) is 4.40. The Morgan fingerprint density at radius 2 is 1.64 bits per heavy atom. The van der Waals surface area contributed by atoms with Crippen molar-refractivity contribution < 1.29 is 9.75 Å². The van der Waals surface area contributed by atoms with E-state index in [1.54, 1.807) is 0 Å². The molecule has 2 aliphatic rings. The smallest absolute Gasteiger partial charge is 0.0978 e. The van der Waals surface area contributed by atoms with Crippen LogP contribution in [0, 0.1) is 11.1 Å². The van der Waals surface area contributed by atoms with Gasteiger partial charge in [-0.3, -0.25) is 0 Å². The molecule has 1 atom stereocenters. The van der Waals surface area contributed by atoms with Crippen molar-refractivity contribution in [3.05, 3.63) is 41.1 Å². The van der Waals surface area contributed by atoms with Gasteiger partial charge in [0.25, 0.3) is 0 Å². The molecular weight excluding hydrogens is 274 g/mol. The number of quaternary nitrogens is 1. The lowest BCUT2D eigenvalue weighted by atomic mass is 9.71. The highest BCUT2D eigenvalue weighted by atomic mass is 16.5. The summed E-state index contributed by atoms with van der Waals surface area (Å²) in [6, 6.07) is 10.1. The van der Waals surface area contributed by atoms with Crippen LogP contribution >= 0.6 is 0 Å². The van der Waals surface area contributed by atoms with Crippen molar-refractivity contribution in [2.24, 2.45) is 5.92 Å². The normalized spacial score (nSPS) is 25.0. The lowest BCUT2D eigenvalue weighted by molar-refractivity contribution is -0.869. The van der Waals surface area contributed by atoms with Crippen molar-refractivity contribution in [2.75, 3.05) is 19.6 Å². The average molecular weight is 303 g/mol. The third-order valence-corrected chi connectivity index (χ3v) is 5.84. The first-order valence-corrected chi connectivity index (χ1v) is 8.97. The summed E-state index contributed by atoms with van der Waals surface area (Å²) in [7, 11) is 0. The van der Waals surface area contributed by atoms with E-state index in [0.29, 0.717) is 18.9 Å². The highest BCUT2D eigenvalue weighted by Crippen LogP contribution is 2.42. The van der Waals surface area contributed by atoms with Crippen LogP contribution in [0.25, 0.3) is 0 Å². The van der Waals surface area contributed by atoms with Crippen LogP contribution in [0.1, 0.15) is 56.9 Å². The average Bonchev–Trinajstić information content (AvgIpc) is 3.01. The van der Waals surface area contributed by atoms with Crippen LogP contribution in [0.5, 0.6) is 0 Å². The minimum atomic E-state index is -0.820. The molecule has 1 aromatic rings. The second-order valence-electron chi connectivity index (χ2n) is 7.31. The van der Waals surface area contributed by atoms with E-state index in [0.717, 1.165) is 44.3 Å². The maximum Gasteiger partial charge on any atom is 0.0978 e. The van der Waals surface area contributed by atoms with Gasteiger partial charge in [0.1, 0.15) is 0 Å². The van der Waals surface area contributed by atoms with E-state index < -0.39 is 5.60 Å². The van der Waals surface area contributed by atoms with E-state index in [1.807, 2.05) is 30.3 Å². The van der Waals surface area contributed by atoms with Gasteiger partial charge in [0.05, 0.1) is 25.2 Å². The molecule has 1 saturated carbocycles. The molecule has 1 heterocycles. The molecule has 22 heavy (non-hydrogen) atoms. The van der Waals surface area contributed by atoms with E-state index in [-0.39, 0.29) is 4.65 Å². The molecule has 3 heteroatoms. The van der Waals surface area contributed by atoms with Crippen LogP contribution < -0.4 is 0 Å². The maximum atomic E-state index is 12.7. The van der Waals surface area contributed by atoms with Gasteiger partial charge in [0.2, 0.25) is 0 Å². The maximum absolute atomic E-state index is 12.7. The van der Waals surface area contributed by atoms with Crippen LogP contribution in [0.3, 0.4) is 0 Å². The Labute approximate surface area is 134 Å². The molecule has 0 amide bonds. The Morgan fingerprint density at radius 1 is 1.00 bits per heavy atom. The zero-order valence-corrected chi connectivity index (χ0v) is 13.5. The molecule has 0 aromatic heterocycles. The Kier molecular flexibility index (Phi) is 4.86. The first-order valence-electron chi connectivity index (χ1n) is 8.97. The quantitative estimate of drug-likeness (QED) is 0.661. The second-order valence-corrected chi connectivity index (χ2v) is 7.31. The summed E-state index contributed by atoms with van der Waals surface area (Å²) >= 11 is 0. The molecule has 0 radical (unpaired) electrons. The monoisotopic (exact) mass is 303 g/mol. The lowest BCUT2D eigenvalue weighted by Crippen LogP contribution is -2.45. The fraction of sp³-hybridized carbons (Fsp3) is 0.684. The zero-order chi connectivity index (χ0) is 15.5. The van der Waals surface area contributed by atoms with Crippen molar-refractivity contribution in [1.82, 2.24) is 0 Å². The van der Waals surface area contributed by atoms with E-state index in [1.165, 1.54) is 19.3 Å². The van der Waals surface area contributed by atoms with Crippen LogP contribution in [0.2, 0.25) is 0 Å². The number of benzene rings is 1. The largest absolute Gasteiger partial charge is 0.633 e. The first kappa shape index (κ1) is 16.0. The van der Waals surface area contributed by atoms with Crippen LogP contribution in [-0.2, 0) is 5.60 Å². The number of hydrogen-bond donors (Lipinski definition) is 1. The van der Waals surface area contributed by atoms with Gasteiger partial charge in [-0.05, 0) is 24.3 Å².